The van der Waals surface area contributed by atoms with Crippen LogP contribution >= 0.6 is 0 Å². The van der Waals surface area contributed by atoms with Gasteiger partial charge in [-0.3, -0.25) is 4.90 Å². The summed E-state index contributed by atoms with van der Waals surface area (Å²) in [5.74, 6) is 1.98. The Morgan fingerprint density at radius 3 is 2.81 bits per heavy atom. The van der Waals surface area contributed by atoms with Gasteiger partial charge in [0.25, 0.3) is 0 Å². The molecule has 16 heavy (non-hydrogen) atoms. The molecule has 4 heteroatoms. The standard InChI is InChI=1S/C12H17NO3/c1-11-7-5-4-6-8(7)12(2,16-11)15-10(6)14-9(5)13(11)3/h5-10H,4H2,1-3H3/t5-,6+,7-,8-,9-,10-,11+,12-/m1/s1. The third-order valence-electron chi connectivity index (χ3n) is 5.91. The maximum Gasteiger partial charge on any atom is 0.174 e. The number of likely N-dealkylation sites (tertiary alicyclic amines) is 1. The highest BCUT2D eigenvalue weighted by Crippen LogP contribution is 2.72. The summed E-state index contributed by atoms with van der Waals surface area (Å²) in [6.07, 6.45) is 1.46. The lowest BCUT2D eigenvalue weighted by atomic mass is 9.83. The molecular formula is C12H17NO3. The first-order valence-electron chi connectivity index (χ1n) is 6.31. The van der Waals surface area contributed by atoms with Gasteiger partial charge in [-0.05, 0) is 27.3 Å². The molecule has 0 unspecified atom stereocenters. The molecule has 4 saturated heterocycles. The summed E-state index contributed by atoms with van der Waals surface area (Å²) in [5, 5.41) is 0. The molecule has 8 atom stereocenters. The molecule has 5 fully saturated rings. The lowest BCUT2D eigenvalue weighted by Gasteiger charge is -2.42. The Kier molecular flexibility index (Phi) is 1.16. The Balaban J connectivity index is 1.80. The largest absolute Gasteiger partial charge is 0.334 e. The van der Waals surface area contributed by atoms with E-state index in [1.54, 1.807) is 0 Å². The van der Waals surface area contributed by atoms with E-state index in [1.807, 2.05) is 0 Å². The third kappa shape index (κ3) is 0.616. The van der Waals surface area contributed by atoms with Crippen LogP contribution in [0.1, 0.15) is 20.3 Å². The van der Waals surface area contributed by atoms with E-state index in [1.165, 1.54) is 6.42 Å². The van der Waals surface area contributed by atoms with Crippen LogP contribution < -0.4 is 0 Å². The predicted octanol–water partition coefficient (Wildman–Crippen LogP) is 0.975. The first-order chi connectivity index (χ1) is 7.55. The zero-order valence-corrected chi connectivity index (χ0v) is 9.84. The van der Waals surface area contributed by atoms with E-state index in [4.69, 9.17) is 14.2 Å². The van der Waals surface area contributed by atoms with E-state index in [9.17, 15) is 0 Å². The molecular weight excluding hydrogens is 206 g/mol. The summed E-state index contributed by atoms with van der Waals surface area (Å²) in [6.45, 7) is 4.32. The Labute approximate surface area is 94.8 Å². The Morgan fingerprint density at radius 1 is 1.19 bits per heavy atom. The van der Waals surface area contributed by atoms with Crippen molar-refractivity contribution in [3.63, 3.8) is 0 Å². The fourth-order valence-electron chi connectivity index (χ4n) is 5.43. The molecule has 2 bridgehead atoms. The van der Waals surface area contributed by atoms with Crippen LogP contribution in [0.25, 0.3) is 0 Å². The topological polar surface area (TPSA) is 30.9 Å². The van der Waals surface area contributed by atoms with E-state index in [-0.39, 0.29) is 18.2 Å². The van der Waals surface area contributed by atoms with Gasteiger partial charge in [-0.2, -0.15) is 0 Å². The maximum atomic E-state index is 6.32. The van der Waals surface area contributed by atoms with Gasteiger partial charge in [0, 0.05) is 23.7 Å². The van der Waals surface area contributed by atoms with Crippen molar-refractivity contribution >= 4 is 0 Å². The molecule has 1 aliphatic carbocycles. The van der Waals surface area contributed by atoms with Gasteiger partial charge in [-0.1, -0.05) is 0 Å². The van der Waals surface area contributed by atoms with Gasteiger partial charge in [0.05, 0.1) is 0 Å². The highest BCUT2D eigenvalue weighted by molar-refractivity contribution is 5.19. The quantitative estimate of drug-likeness (QED) is 0.612. The summed E-state index contributed by atoms with van der Waals surface area (Å²) >= 11 is 0. The fraction of sp³-hybridized carbons (Fsp3) is 1.00. The molecule has 1 saturated carbocycles. The van der Waals surface area contributed by atoms with Crippen LogP contribution in [0.2, 0.25) is 0 Å². The second kappa shape index (κ2) is 2.09. The molecule has 4 nitrogen and oxygen atoms in total. The normalized spacial score (nSPS) is 74.4. The lowest BCUT2D eigenvalue weighted by molar-refractivity contribution is -0.356. The number of ether oxygens (including phenoxy) is 3. The summed E-state index contributed by atoms with van der Waals surface area (Å²) in [4.78, 5) is 2.30. The second-order valence-electron chi connectivity index (χ2n) is 6.41. The summed E-state index contributed by atoms with van der Waals surface area (Å²) in [6, 6.07) is 0. The zero-order chi connectivity index (χ0) is 10.9. The molecule has 0 aromatic heterocycles. The van der Waals surface area contributed by atoms with Gasteiger partial charge in [0.2, 0.25) is 0 Å². The summed E-state index contributed by atoms with van der Waals surface area (Å²) in [7, 11) is 2.13. The van der Waals surface area contributed by atoms with Crippen LogP contribution in [-0.4, -0.2) is 36.0 Å². The van der Waals surface area contributed by atoms with Crippen molar-refractivity contribution in [1.29, 1.82) is 0 Å². The minimum absolute atomic E-state index is 0.0199. The first-order valence-corrected chi connectivity index (χ1v) is 6.31. The highest BCUT2D eigenvalue weighted by atomic mass is 16.8. The minimum atomic E-state index is -0.400. The van der Waals surface area contributed by atoms with Crippen LogP contribution in [0.5, 0.6) is 0 Å². The molecule has 0 aromatic carbocycles. The van der Waals surface area contributed by atoms with Crippen molar-refractivity contribution in [3.05, 3.63) is 0 Å². The van der Waals surface area contributed by atoms with Crippen molar-refractivity contribution in [2.75, 3.05) is 7.05 Å². The van der Waals surface area contributed by atoms with Crippen molar-refractivity contribution in [1.82, 2.24) is 4.90 Å². The van der Waals surface area contributed by atoms with Gasteiger partial charge >= 0.3 is 0 Å². The molecule has 5 aliphatic rings. The van der Waals surface area contributed by atoms with Gasteiger partial charge in [-0.15, -0.1) is 0 Å². The fourth-order valence-corrected chi connectivity index (χ4v) is 5.43. The van der Waals surface area contributed by atoms with Crippen molar-refractivity contribution in [2.45, 2.75) is 44.3 Å². The number of hydrogen-bond acceptors (Lipinski definition) is 4. The molecule has 88 valence electrons. The van der Waals surface area contributed by atoms with E-state index < -0.39 is 5.79 Å². The van der Waals surface area contributed by atoms with E-state index in [0.717, 1.165) is 0 Å². The van der Waals surface area contributed by atoms with Crippen molar-refractivity contribution < 1.29 is 14.2 Å². The number of rotatable bonds is 0. The van der Waals surface area contributed by atoms with Gasteiger partial charge < -0.3 is 14.2 Å². The zero-order valence-electron chi connectivity index (χ0n) is 9.84. The van der Waals surface area contributed by atoms with Crippen LogP contribution in [0.3, 0.4) is 0 Å². The average molecular weight is 223 g/mol. The van der Waals surface area contributed by atoms with Gasteiger partial charge in [0.15, 0.2) is 12.1 Å². The number of hydrogen-bond donors (Lipinski definition) is 0. The second-order valence-corrected chi connectivity index (χ2v) is 6.41. The third-order valence-corrected chi connectivity index (χ3v) is 5.91. The first kappa shape index (κ1) is 8.86. The van der Waals surface area contributed by atoms with Crippen LogP contribution in [0.15, 0.2) is 0 Å². The summed E-state index contributed by atoms with van der Waals surface area (Å²) in [5.41, 5.74) is -0.172. The molecule has 5 rings (SSSR count). The molecule has 4 heterocycles. The lowest BCUT2D eigenvalue weighted by Crippen LogP contribution is -2.52. The van der Waals surface area contributed by atoms with Gasteiger partial charge in [-0.25, -0.2) is 0 Å². The molecule has 0 amide bonds. The van der Waals surface area contributed by atoms with Crippen molar-refractivity contribution in [3.8, 4) is 0 Å². The molecule has 0 spiro atoms. The Morgan fingerprint density at radius 2 is 2.00 bits per heavy atom. The summed E-state index contributed by atoms with van der Waals surface area (Å²) < 4.78 is 18.5. The van der Waals surface area contributed by atoms with E-state index in [0.29, 0.717) is 23.7 Å². The van der Waals surface area contributed by atoms with Crippen molar-refractivity contribution in [2.24, 2.45) is 23.7 Å². The van der Waals surface area contributed by atoms with E-state index >= 15 is 0 Å². The molecule has 0 aromatic rings. The van der Waals surface area contributed by atoms with Crippen LogP contribution in [-0.2, 0) is 14.2 Å². The predicted molar refractivity (Wildman–Crippen MR) is 54.0 cm³/mol. The smallest absolute Gasteiger partial charge is 0.174 e. The molecule has 0 N–H and O–H groups in total. The Hall–Kier alpha value is -0.160. The molecule has 4 aliphatic heterocycles. The molecule has 0 radical (unpaired) electrons. The van der Waals surface area contributed by atoms with Gasteiger partial charge in [0.1, 0.15) is 12.0 Å². The minimum Gasteiger partial charge on any atom is -0.334 e. The van der Waals surface area contributed by atoms with Crippen LogP contribution in [0.4, 0.5) is 0 Å². The highest BCUT2D eigenvalue weighted by Gasteiger charge is 2.80. The van der Waals surface area contributed by atoms with E-state index in [2.05, 4.69) is 25.8 Å². The maximum absolute atomic E-state index is 6.32. The Bertz CT molecular complexity index is 402. The SMILES string of the molecule is CN1[C@@H]2O[C@@H]3O[C@]4(C)O[C@@]1(C)[C@@H]1[C@H]2C[C@H]3[C@H]14. The van der Waals surface area contributed by atoms with Crippen LogP contribution in [0, 0.1) is 23.7 Å². The average Bonchev–Trinajstić information content (AvgIpc) is 2.80. The number of nitrogens with zero attached hydrogens (tertiary/aromatic N) is 1. The monoisotopic (exact) mass is 223 g/mol.